The van der Waals surface area contributed by atoms with Gasteiger partial charge in [-0.15, -0.1) is 0 Å². The van der Waals surface area contributed by atoms with E-state index in [1.165, 1.54) is 7.11 Å². The van der Waals surface area contributed by atoms with Crippen molar-refractivity contribution in [1.29, 1.82) is 0 Å². The van der Waals surface area contributed by atoms with Gasteiger partial charge in [0.15, 0.2) is 0 Å². The zero-order valence-electron chi connectivity index (χ0n) is 16.7. The number of nitrogens with zero attached hydrogens (tertiary/aromatic N) is 2. The molecule has 3 rings (SSSR count). The number of esters is 1. The molecule has 0 unspecified atom stereocenters. The summed E-state index contributed by atoms with van der Waals surface area (Å²) in [5.74, 6) is -0.593. The summed E-state index contributed by atoms with van der Waals surface area (Å²) in [4.78, 5) is 30.8. The van der Waals surface area contributed by atoms with Crippen LogP contribution < -0.4 is 10.2 Å². The first kappa shape index (κ1) is 20.1. The molecule has 6 nitrogen and oxygen atoms in total. The van der Waals surface area contributed by atoms with Crippen LogP contribution in [0.1, 0.15) is 33.3 Å². The van der Waals surface area contributed by atoms with Gasteiger partial charge in [0, 0.05) is 12.2 Å². The van der Waals surface area contributed by atoms with Crippen LogP contribution in [0.3, 0.4) is 0 Å². The fraction of sp³-hybridized carbons (Fsp3) is 0.174. The second-order valence-corrected chi connectivity index (χ2v) is 6.48. The number of carbonyl (C=O) groups is 2. The highest BCUT2D eigenvalue weighted by molar-refractivity contribution is 6.05. The summed E-state index contributed by atoms with van der Waals surface area (Å²) in [7, 11) is 1.34. The molecule has 0 aliphatic heterocycles. The van der Waals surface area contributed by atoms with Crippen LogP contribution in [0.4, 0.5) is 17.1 Å². The van der Waals surface area contributed by atoms with Gasteiger partial charge in [-0.3, -0.25) is 4.79 Å². The molecular formula is C23H23N3O3. The van der Waals surface area contributed by atoms with E-state index < -0.39 is 5.97 Å². The van der Waals surface area contributed by atoms with Gasteiger partial charge in [0.1, 0.15) is 5.69 Å². The number of hydrogen-bond acceptors (Lipinski definition) is 5. The van der Waals surface area contributed by atoms with Crippen molar-refractivity contribution in [3.05, 3.63) is 83.7 Å². The predicted molar refractivity (Wildman–Crippen MR) is 114 cm³/mol. The maximum Gasteiger partial charge on any atom is 0.339 e. The monoisotopic (exact) mass is 389 g/mol. The third-order valence-electron chi connectivity index (χ3n) is 4.47. The van der Waals surface area contributed by atoms with Crippen molar-refractivity contribution in [2.45, 2.75) is 13.8 Å². The normalized spacial score (nSPS) is 10.3. The molecule has 148 valence electrons. The smallest absolute Gasteiger partial charge is 0.339 e. The van der Waals surface area contributed by atoms with Crippen molar-refractivity contribution >= 4 is 28.9 Å². The van der Waals surface area contributed by atoms with Crippen molar-refractivity contribution < 1.29 is 14.3 Å². The molecule has 0 saturated heterocycles. The molecule has 0 saturated carbocycles. The minimum Gasteiger partial charge on any atom is -0.465 e. The summed E-state index contributed by atoms with van der Waals surface area (Å²) in [6.45, 7) is 4.46. The number of anilines is 3. The average molecular weight is 389 g/mol. The number of ether oxygens (including phenoxy) is 1. The molecule has 6 heteroatoms. The zero-order valence-corrected chi connectivity index (χ0v) is 16.7. The van der Waals surface area contributed by atoms with Gasteiger partial charge in [0.25, 0.3) is 5.91 Å². The van der Waals surface area contributed by atoms with E-state index in [1.54, 1.807) is 41.4 Å². The number of nitrogens with one attached hydrogen (secondary N) is 1. The van der Waals surface area contributed by atoms with E-state index in [4.69, 9.17) is 4.74 Å². The summed E-state index contributed by atoms with van der Waals surface area (Å²) >= 11 is 0. The van der Waals surface area contributed by atoms with Gasteiger partial charge >= 0.3 is 5.97 Å². The van der Waals surface area contributed by atoms with Crippen LogP contribution in [-0.2, 0) is 4.74 Å². The molecule has 3 aromatic rings. The lowest BCUT2D eigenvalue weighted by Gasteiger charge is -2.21. The Morgan fingerprint density at radius 3 is 2.52 bits per heavy atom. The SMILES string of the molecule is CCN(C(=O)c1ccc(Nc2ccccc2C(=O)OC)cn1)c1cccc(C)c1. The summed E-state index contributed by atoms with van der Waals surface area (Å²) in [6, 6.07) is 18.3. The molecule has 0 radical (unpaired) electrons. The van der Waals surface area contributed by atoms with E-state index >= 15 is 0 Å². The quantitative estimate of drug-likeness (QED) is 0.625. The number of hydrogen-bond donors (Lipinski definition) is 1. The Hall–Kier alpha value is -3.67. The van der Waals surface area contributed by atoms with Gasteiger partial charge in [-0.2, -0.15) is 0 Å². The lowest BCUT2D eigenvalue weighted by atomic mass is 10.1. The van der Waals surface area contributed by atoms with E-state index in [0.717, 1.165) is 11.3 Å². The first-order valence-electron chi connectivity index (χ1n) is 9.32. The van der Waals surface area contributed by atoms with Gasteiger partial charge in [-0.05, 0) is 55.8 Å². The molecule has 29 heavy (non-hydrogen) atoms. The van der Waals surface area contributed by atoms with Crippen LogP contribution in [0.25, 0.3) is 0 Å². The Labute approximate surface area is 170 Å². The van der Waals surface area contributed by atoms with Crippen LogP contribution in [0, 0.1) is 6.92 Å². The highest BCUT2D eigenvalue weighted by Gasteiger charge is 2.18. The van der Waals surface area contributed by atoms with Crippen molar-refractivity contribution in [3.63, 3.8) is 0 Å². The van der Waals surface area contributed by atoms with Crippen LogP contribution in [0.5, 0.6) is 0 Å². The number of pyridine rings is 1. The molecule has 1 heterocycles. The van der Waals surface area contributed by atoms with E-state index in [2.05, 4.69) is 10.3 Å². The molecule has 0 aliphatic rings. The van der Waals surface area contributed by atoms with Crippen LogP contribution in [0.2, 0.25) is 0 Å². The lowest BCUT2D eigenvalue weighted by molar-refractivity contribution is 0.0601. The number of methoxy groups -OCH3 is 1. The van der Waals surface area contributed by atoms with E-state index in [1.807, 2.05) is 44.2 Å². The van der Waals surface area contributed by atoms with Crippen LogP contribution >= 0.6 is 0 Å². The van der Waals surface area contributed by atoms with Crippen LogP contribution in [-0.4, -0.2) is 30.5 Å². The molecular weight excluding hydrogens is 366 g/mol. The number of carbonyl (C=O) groups excluding carboxylic acids is 2. The first-order valence-corrected chi connectivity index (χ1v) is 9.32. The maximum absolute atomic E-state index is 12.9. The summed E-state index contributed by atoms with van der Waals surface area (Å²) in [5.41, 5.74) is 3.97. The van der Waals surface area contributed by atoms with Gasteiger partial charge < -0.3 is 15.0 Å². The fourth-order valence-corrected chi connectivity index (χ4v) is 3.01. The highest BCUT2D eigenvalue weighted by atomic mass is 16.5. The molecule has 0 atom stereocenters. The van der Waals surface area contributed by atoms with Crippen molar-refractivity contribution in [2.75, 3.05) is 23.9 Å². The number of amides is 1. The minimum absolute atomic E-state index is 0.167. The Kier molecular flexibility index (Phi) is 6.24. The van der Waals surface area contributed by atoms with Gasteiger partial charge in [-0.25, -0.2) is 9.78 Å². The molecule has 0 spiro atoms. The van der Waals surface area contributed by atoms with Gasteiger partial charge in [0.2, 0.25) is 0 Å². The Morgan fingerprint density at radius 1 is 1.07 bits per heavy atom. The van der Waals surface area contributed by atoms with Crippen molar-refractivity contribution in [1.82, 2.24) is 4.98 Å². The van der Waals surface area contributed by atoms with E-state index in [-0.39, 0.29) is 5.91 Å². The molecule has 2 aromatic carbocycles. The molecule has 0 fully saturated rings. The lowest BCUT2D eigenvalue weighted by Crippen LogP contribution is -2.31. The summed E-state index contributed by atoms with van der Waals surface area (Å²) < 4.78 is 4.81. The van der Waals surface area contributed by atoms with Crippen LogP contribution in [0.15, 0.2) is 66.9 Å². The third kappa shape index (κ3) is 4.60. The molecule has 1 aromatic heterocycles. The fourth-order valence-electron chi connectivity index (χ4n) is 3.01. The number of aromatic nitrogens is 1. The number of aryl methyl sites for hydroxylation is 1. The molecule has 1 N–H and O–H groups in total. The topological polar surface area (TPSA) is 71.5 Å². The molecule has 0 aliphatic carbocycles. The Balaban J connectivity index is 1.80. The predicted octanol–water partition coefficient (Wildman–Crippen LogP) is 4.59. The number of benzene rings is 2. The minimum atomic E-state index is -0.426. The Bertz CT molecular complexity index is 1020. The summed E-state index contributed by atoms with van der Waals surface area (Å²) in [6.07, 6.45) is 1.57. The maximum atomic E-state index is 12.9. The second kappa shape index (κ2) is 9.01. The van der Waals surface area contributed by atoms with E-state index in [0.29, 0.717) is 29.2 Å². The summed E-state index contributed by atoms with van der Waals surface area (Å²) in [5, 5.41) is 3.15. The van der Waals surface area contributed by atoms with Gasteiger partial charge in [-0.1, -0.05) is 24.3 Å². The number of rotatable bonds is 6. The van der Waals surface area contributed by atoms with Crippen molar-refractivity contribution in [3.8, 4) is 0 Å². The zero-order chi connectivity index (χ0) is 20.8. The molecule has 1 amide bonds. The average Bonchev–Trinajstić information content (AvgIpc) is 2.74. The number of para-hydroxylation sites is 1. The third-order valence-corrected chi connectivity index (χ3v) is 4.47. The largest absolute Gasteiger partial charge is 0.465 e. The van der Waals surface area contributed by atoms with Gasteiger partial charge in [0.05, 0.1) is 30.2 Å². The standard InChI is InChI=1S/C23H23N3O3/c1-4-26(18-9-7-8-16(2)14-18)22(27)21-13-12-17(15-24-21)25-20-11-6-5-10-19(20)23(28)29-3/h5-15,25H,4H2,1-3H3. The van der Waals surface area contributed by atoms with E-state index in [9.17, 15) is 9.59 Å². The highest BCUT2D eigenvalue weighted by Crippen LogP contribution is 2.22. The second-order valence-electron chi connectivity index (χ2n) is 6.48. The van der Waals surface area contributed by atoms with Crippen molar-refractivity contribution in [2.24, 2.45) is 0 Å². The first-order chi connectivity index (χ1) is 14.0. The Morgan fingerprint density at radius 2 is 1.86 bits per heavy atom. The molecule has 0 bridgehead atoms.